The van der Waals surface area contributed by atoms with Crippen LogP contribution >= 0.6 is 0 Å². The molecule has 9 nitrogen and oxygen atoms in total. The zero-order valence-electron chi connectivity index (χ0n) is 11.7. The highest BCUT2D eigenvalue weighted by atomic mass is 32.2. The van der Waals surface area contributed by atoms with Gasteiger partial charge in [0, 0.05) is 20.2 Å². The molecule has 3 rings (SSSR count). The predicted molar refractivity (Wildman–Crippen MR) is 72.4 cm³/mol. The molecule has 0 aromatic carbocycles. The van der Waals surface area contributed by atoms with E-state index in [9.17, 15) is 21.6 Å². The summed E-state index contributed by atoms with van der Waals surface area (Å²) in [5, 5.41) is 6.50. The van der Waals surface area contributed by atoms with Crippen LogP contribution in [0.4, 0.5) is 19.0 Å². The number of halogens is 3. The van der Waals surface area contributed by atoms with Crippen LogP contribution in [0.2, 0.25) is 0 Å². The minimum Gasteiger partial charge on any atom is -0.371 e. The van der Waals surface area contributed by atoms with E-state index in [0.29, 0.717) is 17.0 Å². The van der Waals surface area contributed by atoms with Gasteiger partial charge in [-0.2, -0.15) is 26.1 Å². The van der Waals surface area contributed by atoms with Crippen LogP contribution in [0.5, 0.6) is 5.88 Å². The Labute approximate surface area is 126 Å². The minimum atomic E-state index is -5.81. The molecule has 0 aliphatic heterocycles. The highest BCUT2D eigenvalue weighted by Gasteiger charge is 2.49. The van der Waals surface area contributed by atoms with E-state index in [0.717, 1.165) is 10.6 Å². The van der Waals surface area contributed by atoms with Crippen LogP contribution in [-0.4, -0.2) is 45.1 Å². The van der Waals surface area contributed by atoms with Gasteiger partial charge in [0.05, 0.1) is 6.33 Å². The second-order valence-corrected chi connectivity index (χ2v) is 6.01. The zero-order valence-corrected chi connectivity index (χ0v) is 12.5. The van der Waals surface area contributed by atoms with Gasteiger partial charge in [-0.1, -0.05) is 0 Å². The number of hydrogen-bond acceptors (Lipinski definition) is 7. The summed E-state index contributed by atoms with van der Waals surface area (Å²) in [6.07, 6.45) is 1.46. The highest BCUT2D eigenvalue weighted by Crippen LogP contribution is 2.28. The Bertz CT molecular complexity index is 1010. The minimum absolute atomic E-state index is 0.0952. The van der Waals surface area contributed by atoms with Crippen molar-refractivity contribution in [2.24, 2.45) is 7.05 Å². The maximum atomic E-state index is 12.4. The highest BCUT2D eigenvalue weighted by molar-refractivity contribution is 7.87. The Morgan fingerprint density at radius 1 is 1.35 bits per heavy atom. The number of nitrogens with zero attached hydrogens (tertiary/aromatic N) is 5. The predicted octanol–water partition coefficient (Wildman–Crippen LogP) is 0.886. The lowest BCUT2D eigenvalue weighted by Crippen LogP contribution is -2.28. The molecule has 0 unspecified atom stereocenters. The summed E-state index contributed by atoms with van der Waals surface area (Å²) in [4.78, 5) is 8.21. The quantitative estimate of drug-likeness (QED) is 0.552. The van der Waals surface area contributed by atoms with Gasteiger partial charge >= 0.3 is 15.6 Å². The number of rotatable bonds is 3. The van der Waals surface area contributed by atoms with E-state index in [2.05, 4.69) is 24.6 Å². The monoisotopic (exact) mass is 350 g/mol. The lowest BCUT2D eigenvalue weighted by molar-refractivity contribution is -0.0501. The molecule has 0 aliphatic rings. The van der Waals surface area contributed by atoms with E-state index in [1.54, 1.807) is 18.7 Å². The average molecular weight is 350 g/mol. The van der Waals surface area contributed by atoms with E-state index in [-0.39, 0.29) is 5.65 Å². The molecule has 0 radical (unpaired) electrons. The molecular formula is C10H9F3N6O3S. The van der Waals surface area contributed by atoms with Crippen molar-refractivity contribution in [3.8, 4) is 5.88 Å². The molecule has 3 aromatic heterocycles. The van der Waals surface area contributed by atoms with Crippen LogP contribution in [0.1, 0.15) is 0 Å². The number of nitrogens with one attached hydrogen (secondary N) is 1. The van der Waals surface area contributed by atoms with Crippen molar-refractivity contribution in [1.82, 2.24) is 24.1 Å². The first kappa shape index (κ1) is 15.3. The summed E-state index contributed by atoms with van der Waals surface area (Å²) in [6.45, 7) is 0. The van der Waals surface area contributed by atoms with Gasteiger partial charge in [0.25, 0.3) is 5.88 Å². The summed E-state index contributed by atoms with van der Waals surface area (Å²) in [6, 6.07) is 0.983. The number of anilines is 1. The fraction of sp³-hybridized carbons (Fsp3) is 0.300. The van der Waals surface area contributed by atoms with Gasteiger partial charge in [-0.05, 0) is 0 Å². The van der Waals surface area contributed by atoms with Gasteiger partial charge < -0.3 is 14.1 Å². The van der Waals surface area contributed by atoms with Crippen molar-refractivity contribution >= 4 is 32.7 Å². The maximum Gasteiger partial charge on any atom is 0.534 e. The fourth-order valence-electron chi connectivity index (χ4n) is 1.97. The molecule has 13 heteroatoms. The van der Waals surface area contributed by atoms with Gasteiger partial charge in [-0.3, -0.25) is 0 Å². The molecule has 1 N–H and O–H groups in total. The first-order valence-electron chi connectivity index (χ1n) is 6.03. The number of alkyl halides is 3. The van der Waals surface area contributed by atoms with E-state index in [4.69, 9.17) is 0 Å². The van der Waals surface area contributed by atoms with Crippen LogP contribution in [0.3, 0.4) is 0 Å². The Balaban J connectivity index is 2.20. The zero-order chi connectivity index (χ0) is 17.0. The second kappa shape index (κ2) is 4.71. The van der Waals surface area contributed by atoms with E-state index < -0.39 is 21.5 Å². The van der Waals surface area contributed by atoms with E-state index in [1.807, 2.05) is 0 Å². The van der Waals surface area contributed by atoms with Gasteiger partial charge in [0.15, 0.2) is 22.6 Å². The van der Waals surface area contributed by atoms with E-state index >= 15 is 0 Å². The summed E-state index contributed by atoms with van der Waals surface area (Å²) >= 11 is 0. The number of imidazole rings is 1. The standard InChI is InChI=1S/C10H9F3N6O3S/c1-14-8-7-9(18(2)4-15-7)19-5(16-8)3-6(17-19)22-23(20,21)10(11,12)13/h3-4H,1-2H3,(H,14,16). The van der Waals surface area contributed by atoms with Crippen LogP contribution in [0.25, 0.3) is 16.8 Å². The van der Waals surface area contributed by atoms with Crippen molar-refractivity contribution in [2.45, 2.75) is 5.51 Å². The maximum absolute atomic E-state index is 12.4. The number of hydrogen-bond donors (Lipinski definition) is 1. The lowest BCUT2D eigenvalue weighted by Gasteiger charge is -2.06. The van der Waals surface area contributed by atoms with Crippen molar-refractivity contribution in [3.63, 3.8) is 0 Å². The lowest BCUT2D eigenvalue weighted by atomic mass is 10.4. The fourth-order valence-corrected chi connectivity index (χ4v) is 2.37. The summed E-state index contributed by atoms with van der Waals surface area (Å²) < 4.78 is 65.9. The van der Waals surface area contributed by atoms with Gasteiger partial charge in [0.2, 0.25) is 0 Å². The Morgan fingerprint density at radius 3 is 2.65 bits per heavy atom. The summed E-state index contributed by atoms with van der Waals surface area (Å²) in [7, 11) is -2.57. The molecule has 0 spiro atoms. The molecule has 0 saturated carbocycles. The molecule has 23 heavy (non-hydrogen) atoms. The van der Waals surface area contributed by atoms with Crippen molar-refractivity contribution in [2.75, 3.05) is 12.4 Å². The van der Waals surface area contributed by atoms with Crippen molar-refractivity contribution < 1.29 is 25.8 Å². The molecule has 0 fully saturated rings. The Morgan fingerprint density at radius 2 is 2.04 bits per heavy atom. The molecule has 3 heterocycles. The molecule has 0 saturated heterocycles. The Hall–Kier alpha value is -2.57. The van der Waals surface area contributed by atoms with Crippen LogP contribution < -0.4 is 9.50 Å². The Kier molecular flexibility index (Phi) is 3.14. The third-order valence-corrected chi connectivity index (χ3v) is 3.90. The van der Waals surface area contributed by atoms with Gasteiger partial charge in [0.1, 0.15) is 0 Å². The summed E-state index contributed by atoms with van der Waals surface area (Å²) in [5.41, 5.74) is -4.64. The smallest absolute Gasteiger partial charge is 0.371 e. The number of aromatic nitrogens is 5. The summed E-state index contributed by atoms with van der Waals surface area (Å²) in [5.74, 6) is -0.385. The SMILES string of the molecule is CNc1nc2cc(OS(=O)(=O)C(F)(F)F)nn2c2c1ncn2C. The topological polar surface area (TPSA) is 103 Å². The molecule has 3 aromatic rings. The molecule has 0 atom stereocenters. The molecular weight excluding hydrogens is 341 g/mol. The number of fused-ring (bicyclic) bond motifs is 3. The second-order valence-electron chi connectivity index (χ2n) is 4.47. The van der Waals surface area contributed by atoms with E-state index in [1.165, 1.54) is 6.33 Å². The van der Waals surface area contributed by atoms with Crippen LogP contribution in [0, 0.1) is 0 Å². The van der Waals surface area contributed by atoms with Crippen LogP contribution in [-0.2, 0) is 17.2 Å². The average Bonchev–Trinajstić information content (AvgIpc) is 2.99. The van der Waals surface area contributed by atoms with Crippen molar-refractivity contribution in [1.29, 1.82) is 0 Å². The van der Waals surface area contributed by atoms with Gasteiger partial charge in [-0.25, -0.2) is 9.97 Å². The normalized spacial score (nSPS) is 12.9. The molecule has 124 valence electrons. The van der Waals surface area contributed by atoms with Crippen LogP contribution in [0.15, 0.2) is 12.4 Å². The molecule has 0 bridgehead atoms. The number of aryl methyl sites for hydroxylation is 1. The van der Waals surface area contributed by atoms with Crippen molar-refractivity contribution in [3.05, 3.63) is 12.4 Å². The third-order valence-electron chi connectivity index (χ3n) is 2.94. The molecule has 0 amide bonds. The largest absolute Gasteiger partial charge is 0.534 e. The first-order chi connectivity index (χ1) is 10.6. The first-order valence-corrected chi connectivity index (χ1v) is 7.44. The van der Waals surface area contributed by atoms with Gasteiger partial charge in [-0.15, -0.1) is 5.10 Å². The third kappa shape index (κ3) is 2.32. The molecule has 0 aliphatic carbocycles.